The van der Waals surface area contributed by atoms with Crippen LogP contribution in [0, 0.1) is 29.1 Å². The number of hydrogen-bond donors (Lipinski definition) is 4. The fourth-order valence-electron chi connectivity index (χ4n) is 8.04. The smallest absolute Gasteiger partial charge is 0.268 e. The zero-order chi connectivity index (χ0) is 30.3. The summed E-state index contributed by atoms with van der Waals surface area (Å²) in [6, 6.07) is 7.16. The van der Waals surface area contributed by atoms with Crippen LogP contribution in [0.5, 0.6) is 0 Å². The highest BCUT2D eigenvalue weighted by molar-refractivity contribution is 6.01. The van der Waals surface area contributed by atoms with Crippen LogP contribution in [0.3, 0.4) is 0 Å². The molecule has 1 aromatic heterocycles. The molecule has 6 rings (SSSR count). The molecule has 230 valence electrons. The number of hydrogen-bond acceptors (Lipinski definition) is 5. The Morgan fingerprint density at radius 2 is 1.84 bits per heavy atom. The van der Waals surface area contributed by atoms with Crippen LogP contribution in [-0.4, -0.2) is 71.0 Å². The molecule has 1 aromatic carbocycles. The van der Waals surface area contributed by atoms with Crippen LogP contribution in [0.4, 0.5) is 0 Å². The van der Waals surface area contributed by atoms with Crippen molar-refractivity contribution in [3.05, 3.63) is 36.0 Å². The molecule has 2 aliphatic carbocycles. The number of H-pyrrole nitrogens is 1. The number of aromatic amines is 1. The number of nitrogens with one attached hydrogen (secondary N) is 4. The Morgan fingerprint density at radius 3 is 2.56 bits per heavy atom. The van der Waals surface area contributed by atoms with E-state index in [2.05, 4.69) is 34.8 Å². The molecule has 0 radical (unpaired) electrons. The summed E-state index contributed by atoms with van der Waals surface area (Å²) in [7, 11) is 0. The average Bonchev–Trinajstić information content (AvgIpc) is 3.39. The minimum Gasteiger partial charge on any atom is -0.356 e. The Morgan fingerprint density at radius 1 is 1.07 bits per heavy atom. The number of amides is 4. The predicted molar refractivity (Wildman–Crippen MR) is 161 cm³/mol. The summed E-state index contributed by atoms with van der Waals surface area (Å²) in [6.45, 7) is 5.30. The minimum atomic E-state index is -0.810. The monoisotopic (exact) mass is 589 g/mol. The van der Waals surface area contributed by atoms with Gasteiger partial charge in [0.1, 0.15) is 24.1 Å². The second-order valence-electron chi connectivity index (χ2n) is 13.6. The van der Waals surface area contributed by atoms with Crippen molar-refractivity contribution in [2.45, 2.75) is 83.3 Å². The summed E-state index contributed by atoms with van der Waals surface area (Å²) in [5, 5.41) is 9.71. The number of aromatic nitrogens is 1. The zero-order valence-electron chi connectivity index (χ0n) is 25.1. The molecule has 2 aliphatic heterocycles. The molecule has 6 atom stereocenters. The molecule has 0 spiro atoms. The number of carbonyl (C=O) groups is 5. The summed E-state index contributed by atoms with van der Waals surface area (Å²) in [6.07, 6.45) is 7.22. The van der Waals surface area contributed by atoms with Crippen molar-refractivity contribution in [1.29, 1.82) is 0 Å². The van der Waals surface area contributed by atoms with Gasteiger partial charge in [0, 0.05) is 29.9 Å². The molecule has 2 saturated carbocycles. The molecule has 4 fully saturated rings. The summed E-state index contributed by atoms with van der Waals surface area (Å²) >= 11 is 0. The first-order valence-electron chi connectivity index (χ1n) is 15.9. The van der Waals surface area contributed by atoms with Crippen LogP contribution >= 0.6 is 0 Å². The lowest BCUT2D eigenvalue weighted by molar-refractivity contribution is -0.143. The van der Waals surface area contributed by atoms with E-state index >= 15 is 0 Å². The second-order valence-corrected chi connectivity index (χ2v) is 13.6. The van der Waals surface area contributed by atoms with Gasteiger partial charge in [0.05, 0.1) is 6.04 Å². The van der Waals surface area contributed by atoms with Gasteiger partial charge in [0.2, 0.25) is 17.7 Å². The summed E-state index contributed by atoms with van der Waals surface area (Å²) in [5.41, 5.74) is 1.14. The van der Waals surface area contributed by atoms with Crippen molar-refractivity contribution in [3.63, 3.8) is 0 Å². The summed E-state index contributed by atoms with van der Waals surface area (Å²) < 4.78 is 0. The van der Waals surface area contributed by atoms with Crippen LogP contribution in [0.25, 0.3) is 10.9 Å². The Balaban J connectivity index is 1.22. The SMILES string of the molecule is CC1(C)[C@@H]2C(C(=O)N[C@H](C=O)C[C@@H]3CCCNC3=O)N(C(=O)[C@@H](NC(=O)c3cc4ccccc4[nH]3)C3CCCCC3)C[C@@H]21. The highest BCUT2D eigenvalue weighted by Crippen LogP contribution is 2.65. The molecule has 1 unspecified atom stereocenters. The molecule has 0 bridgehead atoms. The zero-order valence-corrected chi connectivity index (χ0v) is 25.1. The van der Waals surface area contributed by atoms with Crippen LogP contribution in [-0.2, 0) is 19.2 Å². The molecular formula is C33H43N5O5. The maximum absolute atomic E-state index is 14.4. The van der Waals surface area contributed by atoms with Gasteiger partial charge < -0.3 is 30.6 Å². The van der Waals surface area contributed by atoms with Gasteiger partial charge in [0.25, 0.3) is 5.91 Å². The highest BCUT2D eigenvalue weighted by Gasteiger charge is 2.69. The first kappa shape index (κ1) is 29.4. The molecule has 3 heterocycles. The van der Waals surface area contributed by atoms with Crippen molar-refractivity contribution >= 4 is 40.8 Å². The number of aldehydes is 1. The van der Waals surface area contributed by atoms with Crippen LogP contribution < -0.4 is 16.0 Å². The molecule has 10 nitrogen and oxygen atoms in total. The first-order chi connectivity index (χ1) is 20.7. The van der Waals surface area contributed by atoms with E-state index < -0.39 is 18.1 Å². The second kappa shape index (κ2) is 11.8. The molecule has 4 aliphatic rings. The maximum atomic E-state index is 14.4. The standard InChI is InChI=1S/C33H43N5O5/c1-33(2)23-17-38(28(26(23)33)31(42)35-22(18-39)15-21-12-8-14-34-29(21)40)32(43)27(19-9-4-3-5-10-19)37-30(41)25-16-20-11-6-7-13-24(20)36-25/h6-7,11,13,16,18-19,21-23,26-28,36H,3-5,8-10,12,14-15,17H2,1-2H3,(H,34,40)(H,35,42)(H,37,41)/t21-,22-,23-,26-,27-,28?/m0/s1. The first-order valence-corrected chi connectivity index (χ1v) is 15.9. The minimum absolute atomic E-state index is 0.0178. The lowest BCUT2D eigenvalue weighted by atomic mass is 9.83. The fourth-order valence-corrected chi connectivity index (χ4v) is 8.04. The van der Waals surface area contributed by atoms with E-state index in [1.807, 2.05) is 24.3 Å². The van der Waals surface area contributed by atoms with E-state index in [9.17, 15) is 24.0 Å². The largest absolute Gasteiger partial charge is 0.356 e. The molecule has 2 saturated heterocycles. The normalized spacial score (nSPS) is 28.0. The molecular weight excluding hydrogens is 546 g/mol. The van der Waals surface area contributed by atoms with Gasteiger partial charge in [-0.15, -0.1) is 0 Å². The summed E-state index contributed by atoms with van der Waals surface area (Å²) in [4.78, 5) is 70.9. The fraction of sp³-hybridized carbons (Fsp3) is 0.606. The van der Waals surface area contributed by atoms with E-state index in [1.54, 1.807) is 11.0 Å². The number of nitrogens with zero attached hydrogens (tertiary/aromatic N) is 1. The number of likely N-dealkylation sites (tertiary alicyclic amines) is 1. The van der Waals surface area contributed by atoms with E-state index in [1.165, 1.54) is 0 Å². The van der Waals surface area contributed by atoms with Gasteiger partial charge in [-0.05, 0) is 67.4 Å². The maximum Gasteiger partial charge on any atom is 0.268 e. The van der Waals surface area contributed by atoms with Gasteiger partial charge in [-0.25, -0.2) is 0 Å². The Labute approximate surface area is 252 Å². The predicted octanol–water partition coefficient (Wildman–Crippen LogP) is 2.93. The number of carbonyl (C=O) groups excluding carboxylic acids is 5. The molecule has 4 N–H and O–H groups in total. The van der Waals surface area contributed by atoms with E-state index in [-0.39, 0.29) is 59.1 Å². The van der Waals surface area contributed by atoms with Gasteiger partial charge in [-0.2, -0.15) is 0 Å². The lowest BCUT2D eigenvalue weighted by Gasteiger charge is -2.37. The third-order valence-electron chi connectivity index (χ3n) is 10.6. The molecule has 2 aromatic rings. The van der Waals surface area contributed by atoms with Gasteiger partial charge in [-0.3, -0.25) is 19.2 Å². The molecule has 43 heavy (non-hydrogen) atoms. The van der Waals surface area contributed by atoms with E-state index in [4.69, 9.17) is 0 Å². The lowest BCUT2D eigenvalue weighted by Crippen LogP contribution is -2.59. The average molecular weight is 590 g/mol. The van der Waals surface area contributed by atoms with Crippen LogP contribution in [0.2, 0.25) is 0 Å². The van der Waals surface area contributed by atoms with Crippen molar-refractivity contribution < 1.29 is 24.0 Å². The van der Waals surface area contributed by atoms with Crippen LogP contribution in [0.1, 0.15) is 75.7 Å². The number of piperidine rings is 2. The van der Waals surface area contributed by atoms with Crippen LogP contribution in [0.15, 0.2) is 30.3 Å². The Hall–Kier alpha value is -3.69. The third kappa shape index (κ3) is 5.68. The number of fused-ring (bicyclic) bond motifs is 2. The van der Waals surface area contributed by atoms with Crippen molar-refractivity contribution in [2.24, 2.45) is 29.1 Å². The Bertz CT molecular complexity index is 1380. The van der Waals surface area contributed by atoms with Gasteiger partial charge in [-0.1, -0.05) is 51.3 Å². The van der Waals surface area contributed by atoms with E-state index in [0.717, 1.165) is 49.4 Å². The quantitative estimate of drug-likeness (QED) is 0.333. The number of benzene rings is 1. The topological polar surface area (TPSA) is 140 Å². The number of rotatable bonds is 9. The number of para-hydroxylation sites is 1. The molecule has 4 amide bonds. The highest BCUT2D eigenvalue weighted by atomic mass is 16.2. The van der Waals surface area contributed by atoms with Gasteiger partial charge >= 0.3 is 0 Å². The summed E-state index contributed by atoms with van der Waals surface area (Å²) in [5.74, 6) is -1.22. The van der Waals surface area contributed by atoms with Crippen molar-refractivity contribution in [3.8, 4) is 0 Å². The van der Waals surface area contributed by atoms with E-state index in [0.29, 0.717) is 31.5 Å². The van der Waals surface area contributed by atoms with Gasteiger partial charge in [0.15, 0.2) is 0 Å². The molecule has 10 heteroatoms. The third-order valence-corrected chi connectivity index (χ3v) is 10.6. The Kier molecular flexibility index (Phi) is 8.04. The van der Waals surface area contributed by atoms with Crippen molar-refractivity contribution in [1.82, 2.24) is 25.8 Å². The van der Waals surface area contributed by atoms with Crippen molar-refractivity contribution in [2.75, 3.05) is 13.1 Å².